The first-order chi connectivity index (χ1) is 9.09. The van der Waals surface area contributed by atoms with Gasteiger partial charge in [-0.25, -0.2) is 0 Å². The second-order valence-corrected chi connectivity index (χ2v) is 4.12. The zero-order valence-corrected chi connectivity index (χ0v) is 10.5. The molecule has 0 N–H and O–H groups in total. The van der Waals surface area contributed by atoms with E-state index in [0.717, 1.165) is 18.2 Å². The Morgan fingerprint density at radius 3 is 2.25 bits per heavy atom. The van der Waals surface area contributed by atoms with Crippen LogP contribution in [0.1, 0.15) is 5.56 Å². The van der Waals surface area contributed by atoms with E-state index in [1.165, 1.54) is 6.92 Å². The predicted molar refractivity (Wildman–Crippen MR) is 62.3 cm³/mol. The maximum absolute atomic E-state index is 12.5. The molecule has 20 heavy (non-hydrogen) atoms. The molecule has 0 saturated heterocycles. The highest BCUT2D eigenvalue weighted by atomic mass is 19.4. The van der Waals surface area contributed by atoms with Gasteiger partial charge in [-0.15, -0.1) is 5.46 Å². The Balaban J connectivity index is 2.46. The third-order valence-corrected chi connectivity index (χ3v) is 2.33. The first-order valence-corrected chi connectivity index (χ1v) is 5.67. The van der Waals surface area contributed by atoms with Gasteiger partial charge >= 0.3 is 13.2 Å². The van der Waals surface area contributed by atoms with Crippen LogP contribution in [0.15, 0.2) is 18.2 Å². The van der Waals surface area contributed by atoms with Crippen LogP contribution in [0.5, 0.6) is 5.75 Å². The van der Waals surface area contributed by atoms with Gasteiger partial charge in [-0.2, -0.15) is 13.2 Å². The largest absolute Gasteiger partial charge is 0.509 e. The van der Waals surface area contributed by atoms with Crippen molar-refractivity contribution in [3.63, 3.8) is 0 Å². The number of hydrogen-bond donors (Lipinski definition) is 0. The Hall–Kier alpha value is -1.38. The van der Waals surface area contributed by atoms with Crippen LogP contribution < -0.4 is 10.2 Å². The number of benzene rings is 1. The van der Waals surface area contributed by atoms with Crippen molar-refractivity contribution in [3.8, 4) is 5.75 Å². The van der Waals surface area contributed by atoms with E-state index in [-0.39, 0.29) is 24.5 Å². The van der Waals surface area contributed by atoms with Crippen LogP contribution in [-0.4, -0.2) is 33.0 Å². The summed E-state index contributed by atoms with van der Waals surface area (Å²) in [6, 6.07) is 2.95. The van der Waals surface area contributed by atoms with Crippen molar-refractivity contribution in [2.24, 2.45) is 0 Å². The first-order valence-electron chi connectivity index (χ1n) is 5.67. The molecule has 0 amide bonds. The van der Waals surface area contributed by atoms with Gasteiger partial charge in [0.15, 0.2) is 0 Å². The topological polar surface area (TPSA) is 18.5 Å². The third kappa shape index (κ3) is 5.73. The van der Waals surface area contributed by atoms with Gasteiger partial charge in [0.25, 0.3) is 0 Å². The van der Waals surface area contributed by atoms with E-state index in [2.05, 4.69) is 4.74 Å². The molecule has 0 aliphatic rings. The lowest BCUT2D eigenvalue weighted by atomic mass is 9.79. The molecule has 0 aromatic heterocycles. The monoisotopic (exact) mass is 301 g/mol. The van der Waals surface area contributed by atoms with Gasteiger partial charge in [-0.05, 0) is 18.6 Å². The van der Waals surface area contributed by atoms with Gasteiger partial charge in [0.2, 0.25) is 0 Å². The lowest BCUT2D eigenvalue weighted by Crippen LogP contribution is -2.34. The van der Waals surface area contributed by atoms with Crippen molar-refractivity contribution < 1.29 is 35.6 Å². The normalized spacial score (nSPS) is 12.6. The van der Waals surface area contributed by atoms with E-state index in [1.54, 1.807) is 0 Å². The van der Waals surface area contributed by atoms with E-state index < -0.39 is 25.2 Å². The van der Waals surface area contributed by atoms with Crippen LogP contribution >= 0.6 is 0 Å². The summed E-state index contributed by atoms with van der Waals surface area (Å²) in [4.78, 5) is 0. The van der Waals surface area contributed by atoms with Crippen LogP contribution in [-0.2, 0) is 4.74 Å². The molecule has 0 spiro atoms. The fourth-order valence-corrected chi connectivity index (χ4v) is 1.44. The van der Waals surface area contributed by atoms with Crippen molar-refractivity contribution in [2.45, 2.75) is 13.1 Å². The molecule has 0 unspecified atom stereocenters. The average Bonchev–Trinajstić information content (AvgIpc) is 2.27. The molecule has 0 heterocycles. The Labute approximate surface area is 111 Å². The Morgan fingerprint density at radius 2 is 1.75 bits per heavy atom. The van der Waals surface area contributed by atoms with Crippen LogP contribution in [0.3, 0.4) is 0 Å². The van der Waals surface area contributed by atoms with Crippen molar-refractivity contribution >= 4 is 12.4 Å². The Kier molecular flexibility index (Phi) is 5.32. The zero-order valence-electron chi connectivity index (χ0n) is 10.5. The molecule has 1 rings (SSSR count). The van der Waals surface area contributed by atoms with E-state index in [4.69, 9.17) is 4.74 Å². The maximum Gasteiger partial charge on any atom is 0.509 e. The number of alkyl halides is 3. The molecular weight excluding hydrogens is 289 g/mol. The van der Waals surface area contributed by atoms with Gasteiger partial charge in [0.05, 0.1) is 6.61 Å². The minimum absolute atomic E-state index is 0.173. The minimum atomic E-state index is -5.08. The standard InChI is InChI=1S/C11H12BF6O2/c1-8-6-9(12(16,17)18)2-3-10(8)20-5-4-19-7-11(13,14)15/h2-3,6H,4-5,7H2,1H3/q-1. The number of hydrogen-bond acceptors (Lipinski definition) is 2. The van der Waals surface area contributed by atoms with Crippen LogP contribution in [0.2, 0.25) is 0 Å². The highest BCUT2D eigenvalue weighted by molar-refractivity contribution is 6.73. The summed E-state index contributed by atoms with van der Waals surface area (Å²) < 4.78 is 82.0. The molecule has 0 bridgehead atoms. The third-order valence-electron chi connectivity index (χ3n) is 2.33. The fourth-order valence-electron chi connectivity index (χ4n) is 1.44. The molecule has 0 fully saturated rings. The second kappa shape index (κ2) is 6.38. The molecule has 0 saturated carbocycles. The fraction of sp³-hybridized carbons (Fsp3) is 0.455. The molecular formula is C11H12BF6O2-. The molecule has 1 aromatic carbocycles. The van der Waals surface area contributed by atoms with E-state index in [1.807, 2.05) is 0 Å². The van der Waals surface area contributed by atoms with E-state index in [0.29, 0.717) is 0 Å². The summed E-state index contributed by atoms with van der Waals surface area (Å²) in [6.45, 7) is -5.51. The molecule has 114 valence electrons. The summed E-state index contributed by atoms with van der Waals surface area (Å²) in [6.07, 6.45) is -4.41. The molecule has 0 radical (unpaired) electrons. The van der Waals surface area contributed by atoms with Crippen LogP contribution in [0, 0.1) is 6.92 Å². The number of aryl methyl sites for hydroxylation is 1. The zero-order chi connectivity index (χ0) is 15.4. The average molecular weight is 301 g/mol. The lowest BCUT2D eigenvalue weighted by molar-refractivity contribution is -0.175. The minimum Gasteiger partial charge on any atom is -0.491 e. The molecule has 1 aromatic rings. The summed E-state index contributed by atoms with van der Waals surface area (Å²) >= 11 is 0. The lowest BCUT2D eigenvalue weighted by Gasteiger charge is -2.17. The molecule has 0 aliphatic heterocycles. The van der Waals surface area contributed by atoms with Crippen LogP contribution in [0.25, 0.3) is 0 Å². The van der Waals surface area contributed by atoms with Gasteiger partial charge < -0.3 is 22.4 Å². The van der Waals surface area contributed by atoms with Crippen LogP contribution in [0.4, 0.5) is 26.1 Å². The van der Waals surface area contributed by atoms with Gasteiger partial charge in [0.1, 0.15) is 19.0 Å². The highest BCUT2D eigenvalue weighted by Crippen LogP contribution is 2.19. The van der Waals surface area contributed by atoms with Gasteiger partial charge in [-0.1, -0.05) is 12.1 Å². The van der Waals surface area contributed by atoms with E-state index in [9.17, 15) is 26.1 Å². The second-order valence-electron chi connectivity index (χ2n) is 4.12. The van der Waals surface area contributed by atoms with E-state index >= 15 is 0 Å². The molecule has 0 atom stereocenters. The molecule has 9 heteroatoms. The molecule has 2 nitrogen and oxygen atoms in total. The number of rotatable bonds is 6. The smallest absolute Gasteiger partial charge is 0.491 e. The highest BCUT2D eigenvalue weighted by Gasteiger charge is 2.27. The summed E-state index contributed by atoms with van der Waals surface area (Å²) in [5, 5.41) is 0. The van der Waals surface area contributed by atoms with Gasteiger partial charge in [0, 0.05) is 0 Å². The molecule has 0 aliphatic carbocycles. The maximum atomic E-state index is 12.5. The number of halogens is 6. The van der Waals surface area contributed by atoms with Gasteiger partial charge in [-0.3, -0.25) is 0 Å². The predicted octanol–water partition coefficient (Wildman–Crippen LogP) is 3.01. The number of ether oxygens (including phenoxy) is 2. The first kappa shape index (κ1) is 16.7. The quantitative estimate of drug-likeness (QED) is 0.457. The SMILES string of the molecule is Cc1cc([B-](F)(F)F)ccc1OCCOCC(F)(F)F. The summed E-state index contributed by atoms with van der Waals surface area (Å²) in [5.41, 5.74) is -0.485. The van der Waals surface area contributed by atoms with Crippen molar-refractivity contribution in [3.05, 3.63) is 23.8 Å². The van der Waals surface area contributed by atoms with Crippen molar-refractivity contribution in [2.75, 3.05) is 19.8 Å². The summed E-state index contributed by atoms with van der Waals surface area (Å²) in [5.74, 6) is 0.185. The Bertz CT molecular complexity index is 444. The Morgan fingerprint density at radius 1 is 1.10 bits per heavy atom. The van der Waals surface area contributed by atoms with Crippen molar-refractivity contribution in [1.82, 2.24) is 0 Å². The van der Waals surface area contributed by atoms with Crippen molar-refractivity contribution in [1.29, 1.82) is 0 Å². The summed E-state index contributed by atoms with van der Waals surface area (Å²) in [7, 11) is 0.